The van der Waals surface area contributed by atoms with Crippen molar-refractivity contribution in [2.45, 2.75) is 26.2 Å². The maximum Gasteiger partial charge on any atom is 0.306 e. The number of hydrogen-bond acceptors (Lipinski definition) is 4. The molecule has 1 aliphatic carbocycles. The van der Waals surface area contributed by atoms with E-state index in [-0.39, 0.29) is 36.4 Å². The normalized spacial score (nSPS) is 37.3. The summed E-state index contributed by atoms with van der Waals surface area (Å²) in [6.45, 7) is 6.33. The Balaban J connectivity index is 2.31. The number of aliphatic hydroxyl groups is 2. The van der Waals surface area contributed by atoms with Crippen LogP contribution in [0.1, 0.15) is 26.2 Å². The SMILES string of the molecule is C=C[C@@H]1C[C@@](C)(CO)CC1=C(CO)[C@H]1COC(=O)C1. The number of carbonyl (C=O) groups excluding carboxylic acids is 1. The molecule has 2 aliphatic rings. The third kappa shape index (κ3) is 2.74. The monoisotopic (exact) mass is 266 g/mol. The summed E-state index contributed by atoms with van der Waals surface area (Å²) in [6, 6.07) is 0. The van der Waals surface area contributed by atoms with Crippen molar-refractivity contribution in [1.29, 1.82) is 0 Å². The van der Waals surface area contributed by atoms with Crippen LogP contribution in [0.2, 0.25) is 0 Å². The van der Waals surface area contributed by atoms with Crippen LogP contribution in [0.25, 0.3) is 0 Å². The Morgan fingerprint density at radius 3 is 2.79 bits per heavy atom. The van der Waals surface area contributed by atoms with Gasteiger partial charge in [0.05, 0.1) is 19.6 Å². The minimum Gasteiger partial charge on any atom is -0.465 e. The van der Waals surface area contributed by atoms with Gasteiger partial charge in [0.1, 0.15) is 0 Å². The second-order valence-corrected chi connectivity index (χ2v) is 5.98. The molecule has 0 unspecified atom stereocenters. The summed E-state index contributed by atoms with van der Waals surface area (Å²) >= 11 is 0. The highest BCUT2D eigenvalue weighted by Crippen LogP contribution is 2.48. The van der Waals surface area contributed by atoms with Gasteiger partial charge in [0.25, 0.3) is 0 Å². The van der Waals surface area contributed by atoms with Crippen molar-refractivity contribution in [1.82, 2.24) is 0 Å². The summed E-state index contributed by atoms with van der Waals surface area (Å²) in [5.41, 5.74) is 1.89. The molecule has 0 bridgehead atoms. The molecule has 4 heteroatoms. The van der Waals surface area contributed by atoms with Gasteiger partial charge in [-0.25, -0.2) is 0 Å². The number of aliphatic hydroxyl groups excluding tert-OH is 2. The number of carbonyl (C=O) groups is 1. The molecule has 0 aromatic heterocycles. The molecule has 19 heavy (non-hydrogen) atoms. The quantitative estimate of drug-likeness (QED) is 0.597. The first-order valence-corrected chi connectivity index (χ1v) is 6.74. The Hall–Kier alpha value is -1.13. The fourth-order valence-electron chi connectivity index (χ4n) is 3.24. The van der Waals surface area contributed by atoms with E-state index < -0.39 is 0 Å². The fraction of sp³-hybridized carbons (Fsp3) is 0.667. The number of hydrogen-bond donors (Lipinski definition) is 2. The fourth-order valence-corrected chi connectivity index (χ4v) is 3.24. The molecule has 1 heterocycles. The number of esters is 1. The Labute approximate surface area is 113 Å². The number of cyclic esters (lactones) is 1. The Kier molecular flexibility index (Phi) is 4.11. The minimum absolute atomic E-state index is 0.0176. The zero-order valence-electron chi connectivity index (χ0n) is 11.4. The van der Waals surface area contributed by atoms with Gasteiger partial charge in [-0.15, -0.1) is 6.58 Å². The number of ether oxygens (including phenoxy) is 1. The first-order valence-electron chi connectivity index (χ1n) is 6.74. The highest BCUT2D eigenvalue weighted by Gasteiger charge is 2.40. The third-order valence-electron chi connectivity index (χ3n) is 4.38. The van der Waals surface area contributed by atoms with E-state index in [1.165, 1.54) is 0 Å². The van der Waals surface area contributed by atoms with E-state index in [4.69, 9.17) is 4.74 Å². The predicted molar refractivity (Wildman–Crippen MR) is 71.3 cm³/mol. The largest absolute Gasteiger partial charge is 0.465 e. The lowest BCUT2D eigenvalue weighted by Crippen LogP contribution is -2.17. The van der Waals surface area contributed by atoms with Crippen LogP contribution in [-0.2, 0) is 9.53 Å². The highest BCUT2D eigenvalue weighted by molar-refractivity contribution is 5.72. The second kappa shape index (κ2) is 5.47. The molecule has 2 N–H and O–H groups in total. The van der Waals surface area contributed by atoms with Crippen LogP contribution in [0.15, 0.2) is 23.8 Å². The molecule has 0 aromatic carbocycles. The molecule has 4 nitrogen and oxygen atoms in total. The average molecular weight is 266 g/mol. The van der Waals surface area contributed by atoms with Gasteiger partial charge in [-0.05, 0) is 29.7 Å². The summed E-state index contributed by atoms with van der Waals surface area (Å²) in [5, 5.41) is 19.2. The molecule has 0 radical (unpaired) electrons. The van der Waals surface area contributed by atoms with Crippen LogP contribution < -0.4 is 0 Å². The maximum atomic E-state index is 11.2. The molecule has 1 saturated heterocycles. The zero-order chi connectivity index (χ0) is 14.0. The lowest BCUT2D eigenvalue weighted by Gasteiger charge is -2.20. The van der Waals surface area contributed by atoms with E-state index in [1.807, 2.05) is 13.0 Å². The maximum absolute atomic E-state index is 11.2. The van der Waals surface area contributed by atoms with Crippen LogP contribution in [0.4, 0.5) is 0 Å². The van der Waals surface area contributed by atoms with E-state index in [0.717, 1.165) is 24.0 Å². The van der Waals surface area contributed by atoms with Gasteiger partial charge in [0.2, 0.25) is 0 Å². The molecular formula is C15H22O4. The summed E-state index contributed by atoms with van der Waals surface area (Å²) in [6.07, 6.45) is 3.82. The molecule has 0 aromatic rings. The molecule has 2 rings (SSSR count). The Bertz CT molecular complexity index is 412. The number of allylic oxidation sites excluding steroid dienone is 2. The topological polar surface area (TPSA) is 66.8 Å². The summed E-state index contributed by atoms with van der Waals surface area (Å²) in [7, 11) is 0. The van der Waals surface area contributed by atoms with Crippen molar-refractivity contribution >= 4 is 5.97 Å². The van der Waals surface area contributed by atoms with Crippen molar-refractivity contribution in [2.24, 2.45) is 17.3 Å². The van der Waals surface area contributed by atoms with Crippen LogP contribution in [0.5, 0.6) is 0 Å². The van der Waals surface area contributed by atoms with Gasteiger partial charge in [0.15, 0.2) is 0 Å². The molecule has 0 amide bonds. The smallest absolute Gasteiger partial charge is 0.306 e. The van der Waals surface area contributed by atoms with Crippen molar-refractivity contribution in [3.63, 3.8) is 0 Å². The molecular weight excluding hydrogens is 244 g/mol. The standard InChI is InChI=1S/C15H22O4/c1-3-10-5-15(2,9-17)6-12(10)13(7-16)11-4-14(18)19-8-11/h3,10-11,16-17H,1,4-9H2,2H3/t10-,11-,15-/m1/s1. The molecule has 1 aliphatic heterocycles. The van der Waals surface area contributed by atoms with Gasteiger partial charge in [-0.3, -0.25) is 4.79 Å². The zero-order valence-corrected chi connectivity index (χ0v) is 11.4. The van der Waals surface area contributed by atoms with Crippen LogP contribution in [-0.4, -0.2) is 36.0 Å². The second-order valence-electron chi connectivity index (χ2n) is 5.98. The molecule has 0 spiro atoms. The molecule has 106 valence electrons. The van der Waals surface area contributed by atoms with Gasteiger partial charge >= 0.3 is 5.97 Å². The predicted octanol–water partition coefficient (Wildman–Crippen LogP) is 1.43. The van der Waals surface area contributed by atoms with E-state index in [9.17, 15) is 15.0 Å². The summed E-state index contributed by atoms with van der Waals surface area (Å²) < 4.78 is 5.00. The Morgan fingerprint density at radius 1 is 1.58 bits per heavy atom. The van der Waals surface area contributed by atoms with Crippen LogP contribution in [0, 0.1) is 17.3 Å². The summed E-state index contributed by atoms with van der Waals surface area (Å²) in [4.78, 5) is 11.2. The number of rotatable bonds is 4. The van der Waals surface area contributed by atoms with Gasteiger partial charge in [-0.2, -0.15) is 0 Å². The lowest BCUT2D eigenvalue weighted by atomic mass is 9.87. The molecule has 3 atom stereocenters. The Morgan fingerprint density at radius 2 is 2.32 bits per heavy atom. The highest BCUT2D eigenvalue weighted by atomic mass is 16.5. The minimum atomic E-state index is -0.199. The average Bonchev–Trinajstić information content (AvgIpc) is 2.96. The van der Waals surface area contributed by atoms with E-state index >= 15 is 0 Å². The lowest BCUT2D eigenvalue weighted by molar-refractivity contribution is -0.137. The van der Waals surface area contributed by atoms with E-state index in [0.29, 0.717) is 13.0 Å². The van der Waals surface area contributed by atoms with Crippen LogP contribution >= 0.6 is 0 Å². The van der Waals surface area contributed by atoms with E-state index in [2.05, 4.69) is 6.58 Å². The first kappa shape index (κ1) is 14.3. The molecule has 1 saturated carbocycles. The van der Waals surface area contributed by atoms with Crippen LogP contribution in [0.3, 0.4) is 0 Å². The van der Waals surface area contributed by atoms with Gasteiger partial charge in [-0.1, -0.05) is 18.6 Å². The van der Waals surface area contributed by atoms with E-state index in [1.54, 1.807) is 0 Å². The van der Waals surface area contributed by atoms with Crippen molar-refractivity contribution in [2.75, 3.05) is 19.8 Å². The van der Waals surface area contributed by atoms with Crippen molar-refractivity contribution in [3.05, 3.63) is 23.8 Å². The van der Waals surface area contributed by atoms with Crippen molar-refractivity contribution < 1.29 is 19.7 Å². The molecule has 2 fully saturated rings. The van der Waals surface area contributed by atoms with Gasteiger partial charge < -0.3 is 14.9 Å². The van der Waals surface area contributed by atoms with Crippen molar-refractivity contribution in [3.8, 4) is 0 Å². The third-order valence-corrected chi connectivity index (χ3v) is 4.38. The van der Waals surface area contributed by atoms with Gasteiger partial charge in [0, 0.05) is 12.5 Å². The first-order chi connectivity index (χ1) is 9.03. The summed E-state index contributed by atoms with van der Waals surface area (Å²) in [5.74, 6) is -0.0411.